The van der Waals surface area contributed by atoms with Crippen LogP contribution in [0.3, 0.4) is 0 Å². The molecule has 1 heterocycles. The Balaban J connectivity index is 2.53. The first-order chi connectivity index (χ1) is 5.23. The molecule has 66 valence electrons. The summed E-state index contributed by atoms with van der Waals surface area (Å²) in [6.07, 6.45) is 1.30. The Morgan fingerprint density at radius 3 is 2.36 bits per heavy atom. The van der Waals surface area contributed by atoms with Crippen LogP contribution in [-0.2, 0) is 0 Å². The Hall–Kier alpha value is -0.0800. The van der Waals surface area contributed by atoms with E-state index in [0.29, 0.717) is 5.54 Å². The summed E-state index contributed by atoms with van der Waals surface area (Å²) in [6.45, 7) is 11.5. The number of nitrogens with one attached hydrogen (secondary N) is 1. The maximum atomic E-state index is 3.42. The molecule has 1 N–H and O–H groups in total. The Morgan fingerprint density at radius 1 is 1.36 bits per heavy atom. The van der Waals surface area contributed by atoms with Crippen molar-refractivity contribution in [3.8, 4) is 0 Å². The zero-order valence-corrected chi connectivity index (χ0v) is 7.98. The van der Waals surface area contributed by atoms with E-state index in [1.807, 2.05) is 0 Å². The SMILES string of the molecule is CCN(CC)C1(C)CCNC1. The van der Waals surface area contributed by atoms with Gasteiger partial charge in [0.1, 0.15) is 0 Å². The third-order valence-corrected chi connectivity index (χ3v) is 2.87. The average Bonchev–Trinajstić information content (AvgIpc) is 2.39. The van der Waals surface area contributed by atoms with Gasteiger partial charge in [0.2, 0.25) is 0 Å². The monoisotopic (exact) mass is 156 g/mol. The van der Waals surface area contributed by atoms with Crippen molar-refractivity contribution in [3.63, 3.8) is 0 Å². The lowest BCUT2D eigenvalue weighted by atomic mass is 9.99. The molecule has 0 aromatic heterocycles. The number of likely N-dealkylation sites (N-methyl/N-ethyl adjacent to an activating group) is 1. The molecule has 1 rings (SSSR count). The molecule has 1 aliphatic rings. The molecule has 1 fully saturated rings. The van der Waals surface area contributed by atoms with Gasteiger partial charge in [-0.05, 0) is 33.0 Å². The summed E-state index contributed by atoms with van der Waals surface area (Å²) in [5.41, 5.74) is 0.434. The van der Waals surface area contributed by atoms with Crippen molar-refractivity contribution in [2.45, 2.75) is 32.7 Å². The average molecular weight is 156 g/mol. The third-order valence-electron chi connectivity index (χ3n) is 2.87. The zero-order chi connectivity index (χ0) is 8.32. The van der Waals surface area contributed by atoms with Crippen molar-refractivity contribution in [1.82, 2.24) is 10.2 Å². The van der Waals surface area contributed by atoms with Gasteiger partial charge in [0.05, 0.1) is 0 Å². The Labute approximate surface area is 70.0 Å². The Morgan fingerprint density at radius 2 is 2.00 bits per heavy atom. The Bertz CT molecular complexity index is 113. The van der Waals surface area contributed by atoms with E-state index < -0.39 is 0 Å². The fourth-order valence-electron chi connectivity index (χ4n) is 2.06. The molecule has 1 saturated heterocycles. The predicted molar refractivity (Wildman–Crippen MR) is 48.8 cm³/mol. The van der Waals surface area contributed by atoms with Gasteiger partial charge in [-0.2, -0.15) is 0 Å². The molecule has 1 aliphatic heterocycles. The minimum absolute atomic E-state index is 0.434. The largest absolute Gasteiger partial charge is 0.315 e. The molecule has 0 saturated carbocycles. The van der Waals surface area contributed by atoms with Crippen LogP contribution in [0.2, 0.25) is 0 Å². The molecule has 0 aliphatic carbocycles. The topological polar surface area (TPSA) is 15.3 Å². The number of hydrogen-bond acceptors (Lipinski definition) is 2. The molecule has 0 bridgehead atoms. The summed E-state index contributed by atoms with van der Waals surface area (Å²) in [7, 11) is 0. The van der Waals surface area contributed by atoms with E-state index in [-0.39, 0.29) is 0 Å². The second-order valence-electron chi connectivity index (χ2n) is 3.60. The van der Waals surface area contributed by atoms with Gasteiger partial charge in [-0.1, -0.05) is 13.8 Å². The lowest BCUT2D eigenvalue weighted by Crippen LogP contribution is -2.47. The summed E-state index contributed by atoms with van der Waals surface area (Å²) in [5, 5.41) is 3.42. The van der Waals surface area contributed by atoms with E-state index in [0.717, 1.165) is 6.54 Å². The van der Waals surface area contributed by atoms with Gasteiger partial charge < -0.3 is 5.32 Å². The molecule has 0 radical (unpaired) electrons. The van der Waals surface area contributed by atoms with Gasteiger partial charge in [-0.25, -0.2) is 0 Å². The van der Waals surface area contributed by atoms with Crippen LogP contribution in [0.4, 0.5) is 0 Å². The van der Waals surface area contributed by atoms with Crippen LogP contribution >= 0.6 is 0 Å². The van der Waals surface area contributed by atoms with Gasteiger partial charge >= 0.3 is 0 Å². The van der Waals surface area contributed by atoms with E-state index in [1.165, 1.54) is 26.1 Å². The maximum Gasteiger partial charge on any atom is 0.0317 e. The molecule has 2 nitrogen and oxygen atoms in total. The smallest absolute Gasteiger partial charge is 0.0317 e. The Kier molecular flexibility index (Phi) is 2.90. The second-order valence-corrected chi connectivity index (χ2v) is 3.60. The number of nitrogens with zero attached hydrogens (tertiary/aromatic N) is 1. The quantitative estimate of drug-likeness (QED) is 0.658. The fourth-order valence-corrected chi connectivity index (χ4v) is 2.06. The highest BCUT2D eigenvalue weighted by Crippen LogP contribution is 2.21. The van der Waals surface area contributed by atoms with Crippen molar-refractivity contribution >= 4 is 0 Å². The van der Waals surface area contributed by atoms with Crippen LogP contribution in [-0.4, -0.2) is 36.6 Å². The van der Waals surface area contributed by atoms with Crippen LogP contribution in [0.25, 0.3) is 0 Å². The highest BCUT2D eigenvalue weighted by atomic mass is 15.2. The second kappa shape index (κ2) is 3.55. The van der Waals surface area contributed by atoms with Crippen molar-refractivity contribution in [2.24, 2.45) is 0 Å². The molecule has 0 spiro atoms. The van der Waals surface area contributed by atoms with Gasteiger partial charge in [0.25, 0.3) is 0 Å². The summed E-state index contributed by atoms with van der Waals surface area (Å²) in [5.74, 6) is 0. The van der Waals surface area contributed by atoms with Crippen molar-refractivity contribution in [2.75, 3.05) is 26.2 Å². The van der Waals surface area contributed by atoms with E-state index in [4.69, 9.17) is 0 Å². The van der Waals surface area contributed by atoms with Crippen LogP contribution in [0.1, 0.15) is 27.2 Å². The van der Waals surface area contributed by atoms with Gasteiger partial charge in [-0.15, -0.1) is 0 Å². The lowest BCUT2D eigenvalue weighted by Gasteiger charge is -2.36. The highest BCUT2D eigenvalue weighted by Gasteiger charge is 2.32. The lowest BCUT2D eigenvalue weighted by molar-refractivity contribution is 0.136. The predicted octanol–water partition coefficient (Wildman–Crippen LogP) is 1.08. The standard InChI is InChI=1S/C9H20N2/c1-4-11(5-2)9(3)6-7-10-8-9/h10H,4-8H2,1-3H3. The summed E-state index contributed by atoms with van der Waals surface area (Å²) >= 11 is 0. The van der Waals surface area contributed by atoms with Crippen molar-refractivity contribution < 1.29 is 0 Å². The van der Waals surface area contributed by atoms with E-state index in [9.17, 15) is 0 Å². The third kappa shape index (κ3) is 1.74. The first-order valence-corrected chi connectivity index (χ1v) is 4.68. The molecule has 1 atom stereocenters. The van der Waals surface area contributed by atoms with Crippen molar-refractivity contribution in [3.05, 3.63) is 0 Å². The van der Waals surface area contributed by atoms with Crippen LogP contribution in [0.15, 0.2) is 0 Å². The van der Waals surface area contributed by atoms with Crippen LogP contribution in [0.5, 0.6) is 0 Å². The molecular formula is C9H20N2. The first-order valence-electron chi connectivity index (χ1n) is 4.68. The molecule has 0 amide bonds. The minimum atomic E-state index is 0.434. The number of hydrogen-bond donors (Lipinski definition) is 1. The van der Waals surface area contributed by atoms with Gasteiger partial charge in [0, 0.05) is 12.1 Å². The van der Waals surface area contributed by atoms with Crippen LogP contribution in [0, 0.1) is 0 Å². The zero-order valence-electron chi connectivity index (χ0n) is 7.98. The van der Waals surface area contributed by atoms with E-state index in [2.05, 4.69) is 31.0 Å². The first kappa shape index (κ1) is 9.01. The normalized spacial score (nSPS) is 31.6. The van der Waals surface area contributed by atoms with Gasteiger partial charge in [0.15, 0.2) is 0 Å². The summed E-state index contributed by atoms with van der Waals surface area (Å²) < 4.78 is 0. The van der Waals surface area contributed by atoms with E-state index >= 15 is 0 Å². The fraction of sp³-hybridized carbons (Fsp3) is 1.00. The van der Waals surface area contributed by atoms with Crippen molar-refractivity contribution in [1.29, 1.82) is 0 Å². The molecule has 0 aromatic rings. The molecule has 2 heteroatoms. The van der Waals surface area contributed by atoms with E-state index in [1.54, 1.807) is 0 Å². The molecule has 11 heavy (non-hydrogen) atoms. The maximum absolute atomic E-state index is 3.42. The molecular weight excluding hydrogens is 136 g/mol. The molecule has 1 unspecified atom stereocenters. The highest BCUT2D eigenvalue weighted by molar-refractivity contribution is 4.92. The summed E-state index contributed by atoms with van der Waals surface area (Å²) in [6, 6.07) is 0. The summed E-state index contributed by atoms with van der Waals surface area (Å²) in [4.78, 5) is 2.55. The molecule has 0 aromatic carbocycles. The van der Waals surface area contributed by atoms with Crippen LogP contribution < -0.4 is 5.32 Å². The van der Waals surface area contributed by atoms with Gasteiger partial charge in [-0.3, -0.25) is 4.90 Å². The minimum Gasteiger partial charge on any atom is -0.315 e. The number of rotatable bonds is 3.